The van der Waals surface area contributed by atoms with Crippen molar-refractivity contribution < 1.29 is 0 Å². The van der Waals surface area contributed by atoms with Gasteiger partial charge in [0.1, 0.15) is 11.0 Å². The molecule has 0 aromatic carbocycles. The van der Waals surface area contributed by atoms with Crippen LogP contribution in [0.25, 0.3) is 0 Å². The average Bonchev–Trinajstić information content (AvgIpc) is 2.38. The highest BCUT2D eigenvalue weighted by Crippen LogP contribution is 2.24. The molecule has 0 atom stereocenters. The maximum absolute atomic E-state index is 6.24. The van der Waals surface area contributed by atoms with E-state index in [0.717, 1.165) is 21.8 Å². The maximum Gasteiger partial charge on any atom is 0.223 e. The summed E-state index contributed by atoms with van der Waals surface area (Å²) in [6.45, 7) is 4.44. The molecule has 0 fully saturated rings. The zero-order valence-electron chi connectivity index (χ0n) is 11.5. The van der Waals surface area contributed by atoms with E-state index < -0.39 is 0 Å². The number of hydrogen-bond donors (Lipinski definition) is 1. The minimum Gasteiger partial charge on any atom is -0.368 e. The van der Waals surface area contributed by atoms with Gasteiger partial charge in [-0.1, -0.05) is 23.2 Å². The van der Waals surface area contributed by atoms with Gasteiger partial charge in [0.15, 0.2) is 0 Å². The van der Waals surface area contributed by atoms with Gasteiger partial charge in [-0.15, -0.1) is 0 Å². The Bertz CT molecular complexity index is 625. The van der Waals surface area contributed by atoms with Gasteiger partial charge < -0.3 is 10.6 Å². The lowest BCUT2D eigenvalue weighted by Gasteiger charge is -2.19. The molecule has 0 radical (unpaired) electrons. The lowest BCUT2D eigenvalue weighted by atomic mass is 10.1. The standard InChI is InChI=1S/C13H15Cl2N5/c1-7-5-17-9(8(2)12(7)15)6-20(3)11-4-10(14)18-13(16)19-11/h4-5H,6H2,1-3H3,(H2,16,18,19). The first kappa shape index (κ1) is 14.8. The molecule has 0 spiro atoms. The minimum atomic E-state index is 0.144. The average molecular weight is 312 g/mol. The van der Waals surface area contributed by atoms with E-state index in [1.54, 1.807) is 12.3 Å². The fourth-order valence-corrected chi connectivity index (χ4v) is 2.18. The van der Waals surface area contributed by atoms with Crippen LogP contribution in [0.4, 0.5) is 11.8 Å². The van der Waals surface area contributed by atoms with Crippen LogP contribution in [0.3, 0.4) is 0 Å². The van der Waals surface area contributed by atoms with Crippen molar-refractivity contribution in [1.82, 2.24) is 15.0 Å². The second-order valence-corrected chi connectivity index (χ2v) is 5.36. The number of aromatic nitrogens is 3. The lowest BCUT2D eigenvalue weighted by Crippen LogP contribution is -2.20. The highest BCUT2D eigenvalue weighted by molar-refractivity contribution is 6.32. The van der Waals surface area contributed by atoms with E-state index in [4.69, 9.17) is 28.9 Å². The molecule has 0 bridgehead atoms. The number of halogens is 2. The number of nitrogens with zero attached hydrogens (tertiary/aromatic N) is 4. The van der Waals surface area contributed by atoms with Gasteiger partial charge in [0.2, 0.25) is 5.95 Å². The SMILES string of the molecule is Cc1cnc(CN(C)c2cc(Cl)nc(N)n2)c(C)c1Cl. The second-order valence-electron chi connectivity index (χ2n) is 4.59. The maximum atomic E-state index is 6.24. The number of aryl methyl sites for hydroxylation is 1. The van der Waals surface area contributed by atoms with Gasteiger partial charge in [0, 0.05) is 24.3 Å². The number of pyridine rings is 1. The molecule has 0 aliphatic carbocycles. The number of nitrogen functional groups attached to an aromatic ring is 1. The fourth-order valence-electron chi connectivity index (χ4n) is 1.83. The first-order chi connectivity index (χ1) is 9.38. The summed E-state index contributed by atoms with van der Waals surface area (Å²) in [4.78, 5) is 14.3. The predicted octanol–water partition coefficient (Wildman–Crippen LogP) is 3.01. The van der Waals surface area contributed by atoms with E-state index in [0.29, 0.717) is 17.5 Å². The van der Waals surface area contributed by atoms with Crippen LogP contribution in [0.2, 0.25) is 10.2 Å². The summed E-state index contributed by atoms with van der Waals surface area (Å²) in [7, 11) is 1.88. The van der Waals surface area contributed by atoms with E-state index in [2.05, 4.69) is 15.0 Å². The number of rotatable bonds is 3. The molecule has 2 aromatic rings. The Morgan fingerprint density at radius 3 is 2.60 bits per heavy atom. The summed E-state index contributed by atoms with van der Waals surface area (Å²) in [5.41, 5.74) is 8.41. The third kappa shape index (κ3) is 3.11. The third-order valence-corrected chi connectivity index (χ3v) is 3.77. The molecule has 0 amide bonds. The summed E-state index contributed by atoms with van der Waals surface area (Å²) < 4.78 is 0. The van der Waals surface area contributed by atoms with Gasteiger partial charge in [-0.25, -0.2) is 4.98 Å². The van der Waals surface area contributed by atoms with Crippen molar-refractivity contribution in [2.24, 2.45) is 0 Å². The highest BCUT2D eigenvalue weighted by Gasteiger charge is 2.12. The van der Waals surface area contributed by atoms with Gasteiger partial charge >= 0.3 is 0 Å². The Labute approximate surface area is 127 Å². The normalized spacial score (nSPS) is 10.7. The van der Waals surface area contributed by atoms with Crippen molar-refractivity contribution in [1.29, 1.82) is 0 Å². The monoisotopic (exact) mass is 311 g/mol. The Balaban J connectivity index is 2.28. The van der Waals surface area contributed by atoms with Crippen molar-refractivity contribution in [2.75, 3.05) is 17.7 Å². The van der Waals surface area contributed by atoms with Crippen LogP contribution >= 0.6 is 23.2 Å². The minimum absolute atomic E-state index is 0.144. The molecule has 0 aliphatic rings. The van der Waals surface area contributed by atoms with Crippen LogP contribution in [-0.2, 0) is 6.54 Å². The summed E-state index contributed by atoms with van der Waals surface area (Å²) in [6.07, 6.45) is 1.76. The number of anilines is 2. The van der Waals surface area contributed by atoms with Crippen LogP contribution in [0.1, 0.15) is 16.8 Å². The van der Waals surface area contributed by atoms with Gasteiger partial charge in [-0.05, 0) is 25.0 Å². The van der Waals surface area contributed by atoms with Gasteiger partial charge in [-0.3, -0.25) is 4.98 Å². The fraction of sp³-hybridized carbons (Fsp3) is 0.308. The van der Waals surface area contributed by atoms with E-state index in [1.807, 2.05) is 25.8 Å². The Morgan fingerprint density at radius 1 is 1.25 bits per heavy atom. The van der Waals surface area contributed by atoms with E-state index >= 15 is 0 Å². The van der Waals surface area contributed by atoms with Crippen LogP contribution in [0.15, 0.2) is 12.3 Å². The molecular weight excluding hydrogens is 297 g/mol. The summed E-state index contributed by atoms with van der Waals surface area (Å²) in [6, 6.07) is 1.66. The van der Waals surface area contributed by atoms with Crippen molar-refractivity contribution in [3.05, 3.63) is 39.3 Å². The van der Waals surface area contributed by atoms with Gasteiger partial charge in [-0.2, -0.15) is 4.98 Å². The smallest absolute Gasteiger partial charge is 0.223 e. The molecule has 0 unspecified atom stereocenters. The zero-order chi connectivity index (χ0) is 14.9. The van der Waals surface area contributed by atoms with Gasteiger partial charge in [0.05, 0.1) is 12.2 Å². The lowest BCUT2D eigenvalue weighted by molar-refractivity contribution is 0.852. The molecule has 7 heteroatoms. The molecule has 106 valence electrons. The zero-order valence-corrected chi connectivity index (χ0v) is 13.0. The van der Waals surface area contributed by atoms with Crippen molar-refractivity contribution >= 4 is 35.0 Å². The van der Waals surface area contributed by atoms with Crippen molar-refractivity contribution in [3.8, 4) is 0 Å². The van der Waals surface area contributed by atoms with Crippen molar-refractivity contribution in [3.63, 3.8) is 0 Å². The molecular formula is C13H15Cl2N5. The quantitative estimate of drug-likeness (QED) is 0.882. The summed E-state index contributed by atoms with van der Waals surface area (Å²) >= 11 is 12.1. The van der Waals surface area contributed by atoms with Crippen LogP contribution < -0.4 is 10.6 Å². The Kier molecular flexibility index (Phi) is 4.30. The molecule has 2 heterocycles. The molecule has 0 saturated heterocycles. The van der Waals surface area contributed by atoms with E-state index in [-0.39, 0.29) is 5.95 Å². The van der Waals surface area contributed by atoms with Crippen molar-refractivity contribution in [2.45, 2.75) is 20.4 Å². The Hall–Kier alpha value is -1.59. The first-order valence-corrected chi connectivity index (χ1v) is 6.76. The molecule has 20 heavy (non-hydrogen) atoms. The third-order valence-electron chi connectivity index (χ3n) is 3.00. The van der Waals surface area contributed by atoms with E-state index in [9.17, 15) is 0 Å². The Morgan fingerprint density at radius 2 is 1.95 bits per heavy atom. The second kappa shape index (κ2) is 5.81. The van der Waals surface area contributed by atoms with Crippen LogP contribution in [0.5, 0.6) is 0 Å². The highest BCUT2D eigenvalue weighted by atomic mass is 35.5. The van der Waals surface area contributed by atoms with Gasteiger partial charge in [0.25, 0.3) is 0 Å². The molecule has 0 saturated carbocycles. The molecule has 2 aromatic heterocycles. The molecule has 0 aliphatic heterocycles. The first-order valence-electron chi connectivity index (χ1n) is 6.00. The number of hydrogen-bond acceptors (Lipinski definition) is 5. The molecule has 2 rings (SSSR count). The predicted molar refractivity (Wildman–Crippen MR) is 82.3 cm³/mol. The van der Waals surface area contributed by atoms with Crippen LogP contribution in [0, 0.1) is 13.8 Å². The van der Waals surface area contributed by atoms with E-state index in [1.165, 1.54) is 0 Å². The number of nitrogens with two attached hydrogens (primary N) is 1. The molecule has 2 N–H and O–H groups in total. The van der Waals surface area contributed by atoms with Crippen LogP contribution in [-0.4, -0.2) is 22.0 Å². The molecule has 5 nitrogen and oxygen atoms in total. The largest absolute Gasteiger partial charge is 0.368 e. The topological polar surface area (TPSA) is 67.9 Å². The summed E-state index contributed by atoms with van der Waals surface area (Å²) in [5, 5.41) is 1.05. The summed E-state index contributed by atoms with van der Waals surface area (Å²) in [5.74, 6) is 0.784.